The van der Waals surface area contributed by atoms with Crippen molar-refractivity contribution in [2.75, 3.05) is 42.9 Å². The molecule has 0 aliphatic carbocycles. The molecule has 1 saturated heterocycles. The van der Waals surface area contributed by atoms with Crippen LogP contribution in [0.25, 0.3) is 0 Å². The molecule has 2 heterocycles. The minimum atomic E-state index is -0.895. The SMILES string of the molecule is CC(C)OC(N)=O.O=C(O)CCNC(=O)C1CCN(c2cccc(NC3=NCCCN3)c2)CC1. The first-order valence-corrected chi connectivity index (χ1v) is 11.6. The van der Waals surface area contributed by atoms with Gasteiger partial charge in [-0.25, -0.2) is 4.79 Å². The Labute approximate surface area is 200 Å². The summed E-state index contributed by atoms with van der Waals surface area (Å²) in [5.41, 5.74) is 6.75. The van der Waals surface area contributed by atoms with Crippen LogP contribution in [0.15, 0.2) is 29.3 Å². The quantitative estimate of drug-likeness (QED) is 0.398. The number of nitrogens with two attached hydrogens (primary N) is 1. The van der Waals surface area contributed by atoms with Crippen molar-refractivity contribution in [3.8, 4) is 0 Å². The molecule has 11 heteroatoms. The first kappa shape index (κ1) is 26.7. The zero-order valence-electron chi connectivity index (χ0n) is 19.9. The predicted octanol–water partition coefficient (Wildman–Crippen LogP) is 1.75. The summed E-state index contributed by atoms with van der Waals surface area (Å²) in [6.07, 6.45) is 1.75. The molecule has 0 saturated carbocycles. The average Bonchev–Trinajstić information content (AvgIpc) is 2.79. The number of hydrogen-bond acceptors (Lipinski definition) is 8. The van der Waals surface area contributed by atoms with Crippen molar-refractivity contribution in [2.45, 2.75) is 45.6 Å². The Bertz CT molecular complexity index is 852. The lowest BCUT2D eigenvalue weighted by molar-refractivity contribution is -0.137. The van der Waals surface area contributed by atoms with Gasteiger partial charge >= 0.3 is 12.1 Å². The Hall–Kier alpha value is -3.50. The molecule has 0 unspecified atom stereocenters. The zero-order valence-corrected chi connectivity index (χ0v) is 19.9. The van der Waals surface area contributed by atoms with Crippen molar-refractivity contribution in [1.82, 2.24) is 10.6 Å². The summed E-state index contributed by atoms with van der Waals surface area (Å²) < 4.78 is 4.39. The minimum Gasteiger partial charge on any atom is -0.481 e. The number of anilines is 2. The number of ether oxygens (including phenoxy) is 1. The van der Waals surface area contributed by atoms with Gasteiger partial charge in [-0.3, -0.25) is 14.6 Å². The van der Waals surface area contributed by atoms with Crippen LogP contribution in [0.3, 0.4) is 0 Å². The molecule has 2 amide bonds. The fraction of sp³-hybridized carbons (Fsp3) is 0.565. The Balaban J connectivity index is 0.000000509. The van der Waals surface area contributed by atoms with Crippen molar-refractivity contribution >= 4 is 35.3 Å². The van der Waals surface area contributed by atoms with Crippen LogP contribution in [0.4, 0.5) is 16.2 Å². The zero-order chi connectivity index (χ0) is 24.9. The van der Waals surface area contributed by atoms with E-state index in [4.69, 9.17) is 5.11 Å². The number of aliphatic imine (C=N–C) groups is 1. The number of amides is 2. The van der Waals surface area contributed by atoms with E-state index in [1.54, 1.807) is 13.8 Å². The number of hydrogen-bond donors (Lipinski definition) is 5. The molecule has 0 aromatic heterocycles. The highest BCUT2D eigenvalue weighted by molar-refractivity contribution is 5.94. The number of carboxylic acid groups (broad SMARTS) is 1. The van der Waals surface area contributed by atoms with E-state index in [2.05, 4.69) is 48.4 Å². The summed E-state index contributed by atoms with van der Waals surface area (Å²) in [7, 11) is 0. The number of carboxylic acids is 1. The lowest BCUT2D eigenvalue weighted by Gasteiger charge is -2.33. The Morgan fingerprint density at radius 3 is 2.59 bits per heavy atom. The van der Waals surface area contributed by atoms with Crippen LogP contribution >= 0.6 is 0 Å². The van der Waals surface area contributed by atoms with E-state index in [-0.39, 0.29) is 30.9 Å². The average molecular weight is 477 g/mol. The van der Waals surface area contributed by atoms with Gasteiger partial charge in [0.05, 0.1) is 12.5 Å². The summed E-state index contributed by atoms with van der Waals surface area (Å²) in [4.78, 5) is 39.2. The third-order valence-electron chi connectivity index (χ3n) is 5.23. The van der Waals surface area contributed by atoms with Crippen LogP contribution in [-0.2, 0) is 14.3 Å². The Kier molecular flexibility index (Phi) is 10.9. The van der Waals surface area contributed by atoms with Crippen molar-refractivity contribution in [3.05, 3.63) is 24.3 Å². The van der Waals surface area contributed by atoms with Crippen molar-refractivity contribution in [1.29, 1.82) is 0 Å². The number of nitrogens with one attached hydrogen (secondary N) is 3. The molecule has 11 nitrogen and oxygen atoms in total. The van der Waals surface area contributed by atoms with Crippen LogP contribution in [0.2, 0.25) is 0 Å². The van der Waals surface area contributed by atoms with Gasteiger partial charge in [-0.15, -0.1) is 0 Å². The summed E-state index contributed by atoms with van der Waals surface area (Å²) in [6.45, 7) is 7.07. The van der Waals surface area contributed by atoms with E-state index in [0.717, 1.165) is 62.8 Å². The van der Waals surface area contributed by atoms with Gasteiger partial charge in [-0.1, -0.05) is 6.07 Å². The Morgan fingerprint density at radius 2 is 2.03 bits per heavy atom. The number of rotatable bonds is 7. The number of piperidine rings is 1. The monoisotopic (exact) mass is 476 g/mol. The van der Waals surface area contributed by atoms with E-state index >= 15 is 0 Å². The number of carbonyl (C=O) groups is 3. The van der Waals surface area contributed by atoms with Gasteiger partial charge in [-0.2, -0.15) is 0 Å². The topological polar surface area (TPSA) is 158 Å². The maximum absolute atomic E-state index is 12.1. The molecular weight excluding hydrogens is 440 g/mol. The smallest absolute Gasteiger partial charge is 0.404 e. The number of primary amides is 1. The van der Waals surface area contributed by atoms with Crippen LogP contribution in [0.1, 0.15) is 39.5 Å². The molecule has 1 aromatic carbocycles. The van der Waals surface area contributed by atoms with Gasteiger partial charge < -0.3 is 36.4 Å². The summed E-state index contributed by atoms with van der Waals surface area (Å²) in [5.74, 6) is -0.159. The molecule has 1 fully saturated rings. The van der Waals surface area contributed by atoms with Crippen molar-refractivity contribution < 1.29 is 24.2 Å². The normalized spacial score (nSPS) is 15.9. The summed E-state index contributed by atoms with van der Waals surface area (Å²) in [6, 6.07) is 8.22. The molecule has 0 bridgehead atoms. The van der Waals surface area contributed by atoms with E-state index in [1.165, 1.54) is 0 Å². The molecule has 2 aliphatic rings. The third kappa shape index (κ3) is 9.97. The van der Waals surface area contributed by atoms with Gasteiger partial charge in [0.15, 0.2) is 5.96 Å². The molecule has 0 spiro atoms. The molecule has 0 atom stereocenters. The highest BCUT2D eigenvalue weighted by Crippen LogP contribution is 2.25. The van der Waals surface area contributed by atoms with Crippen LogP contribution in [0.5, 0.6) is 0 Å². The molecule has 34 heavy (non-hydrogen) atoms. The number of nitrogens with zero attached hydrogens (tertiary/aromatic N) is 2. The fourth-order valence-electron chi connectivity index (χ4n) is 3.60. The molecular formula is C23H36N6O5. The van der Waals surface area contributed by atoms with Gasteiger partial charge in [0.25, 0.3) is 0 Å². The fourth-order valence-corrected chi connectivity index (χ4v) is 3.60. The number of aliphatic carboxylic acids is 1. The number of guanidine groups is 1. The largest absolute Gasteiger partial charge is 0.481 e. The Morgan fingerprint density at radius 1 is 1.29 bits per heavy atom. The molecule has 0 radical (unpaired) electrons. The number of benzene rings is 1. The maximum atomic E-state index is 12.1. The van der Waals surface area contributed by atoms with Gasteiger partial charge in [0.2, 0.25) is 5.91 Å². The van der Waals surface area contributed by atoms with Gasteiger partial charge in [0, 0.05) is 50.0 Å². The summed E-state index contributed by atoms with van der Waals surface area (Å²) >= 11 is 0. The molecule has 6 N–H and O–H groups in total. The second-order valence-corrected chi connectivity index (χ2v) is 8.37. The first-order valence-electron chi connectivity index (χ1n) is 11.6. The molecule has 3 rings (SSSR count). The lowest BCUT2D eigenvalue weighted by atomic mass is 9.95. The van der Waals surface area contributed by atoms with Crippen LogP contribution in [-0.4, -0.2) is 67.9 Å². The van der Waals surface area contributed by atoms with Gasteiger partial charge in [0.1, 0.15) is 0 Å². The van der Waals surface area contributed by atoms with E-state index in [0.29, 0.717) is 0 Å². The highest BCUT2D eigenvalue weighted by Gasteiger charge is 2.25. The second kappa shape index (κ2) is 13.9. The van der Waals surface area contributed by atoms with E-state index in [1.807, 2.05) is 12.1 Å². The van der Waals surface area contributed by atoms with E-state index < -0.39 is 12.1 Å². The third-order valence-corrected chi connectivity index (χ3v) is 5.23. The van der Waals surface area contributed by atoms with E-state index in [9.17, 15) is 14.4 Å². The first-order chi connectivity index (χ1) is 16.2. The van der Waals surface area contributed by atoms with Crippen LogP contribution in [0, 0.1) is 5.92 Å². The predicted molar refractivity (Wildman–Crippen MR) is 131 cm³/mol. The van der Waals surface area contributed by atoms with Crippen molar-refractivity contribution in [3.63, 3.8) is 0 Å². The lowest BCUT2D eigenvalue weighted by Crippen LogP contribution is -2.41. The van der Waals surface area contributed by atoms with Crippen molar-refractivity contribution in [2.24, 2.45) is 16.6 Å². The molecule has 2 aliphatic heterocycles. The minimum absolute atomic E-state index is 0.0345. The molecule has 1 aromatic rings. The standard InChI is InChI=1S/C19H27N5O3.C4H9NO2/c25-17(26)5-10-20-18(27)14-6-11-24(12-7-14)16-4-1-3-15(13-16)23-19-21-8-2-9-22-19;1-3(2)7-4(5)6/h1,3-4,13-14H,2,5-12H2,(H,20,27)(H,25,26)(H2,21,22,23);3H,1-2H3,(H2,5,6). The second-order valence-electron chi connectivity index (χ2n) is 8.37. The molecule has 188 valence electrons. The summed E-state index contributed by atoms with van der Waals surface area (Å²) in [5, 5.41) is 17.9. The highest BCUT2D eigenvalue weighted by atomic mass is 16.6. The van der Waals surface area contributed by atoms with Gasteiger partial charge in [-0.05, 0) is 51.3 Å². The number of carbonyl (C=O) groups excluding carboxylic acids is 2. The van der Waals surface area contributed by atoms with Crippen LogP contribution < -0.4 is 26.6 Å². The maximum Gasteiger partial charge on any atom is 0.404 e.